The molecule has 2 aromatic rings. The Balaban J connectivity index is 2.31. The van der Waals surface area contributed by atoms with Crippen molar-refractivity contribution < 1.29 is 4.74 Å². The Morgan fingerprint density at radius 3 is 2.83 bits per heavy atom. The standard InChI is InChI=1S/C13H12BrClN2O/c1-8-4-5-17-13(12(8)14)18-11-3-2-9(7-16)6-10(11)15/h2-6H,7,16H2,1H3. The third-order valence-corrected chi connectivity index (χ3v) is 3.75. The van der Waals surface area contributed by atoms with E-state index in [1.54, 1.807) is 18.3 Å². The fraction of sp³-hybridized carbons (Fsp3) is 0.154. The normalized spacial score (nSPS) is 10.4. The molecule has 0 unspecified atom stereocenters. The Labute approximate surface area is 119 Å². The number of pyridine rings is 1. The van der Waals surface area contributed by atoms with Crippen molar-refractivity contribution in [2.45, 2.75) is 13.5 Å². The first-order valence-corrected chi connectivity index (χ1v) is 6.56. The van der Waals surface area contributed by atoms with E-state index in [2.05, 4.69) is 20.9 Å². The van der Waals surface area contributed by atoms with Crippen LogP contribution in [0.2, 0.25) is 5.02 Å². The van der Waals surface area contributed by atoms with Gasteiger partial charge in [-0.25, -0.2) is 4.98 Å². The molecule has 0 aliphatic heterocycles. The molecule has 1 heterocycles. The van der Waals surface area contributed by atoms with Crippen molar-refractivity contribution in [1.29, 1.82) is 0 Å². The van der Waals surface area contributed by atoms with E-state index in [4.69, 9.17) is 22.1 Å². The van der Waals surface area contributed by atoms with Gasteiger partial charge in [0.05, 0.1) is 9.50 Å². The third-order valence-electron chi connectivity index (χ3n) is 2.49. The van der Waals surface area contributed by atoms with E-state index in [9.17, 15) is 0 Å². The van der Waals surface area contributed by atoms with Crippen LogP contribution in [0.3, 0.4) is 0 Å². The van der Waals surface area contributed by atoms with Crippen LogP contribution in [0.15, 0.2) is 34.9 Å². The second kappa shape index (κ2) is 5.69. The summed E-state index contributed by atoms with van der Waals surface area (Å²) in [5.41, 5.74) is 7.56. The summed E-state index contributed by atoms with van der Waals surface area (Å²) in [6, 6.07) is 7.36. The molecule has 2 N–H and O–H groups in total. The second-order valence-corrected chi connectivity index (χ2v) is 5.02. The monoisotopic (exact) mass is 326 g/mol. The maximum Gasteiger partial charge on any atom is 0.233 e. The molecule has 1 aromatic heterocycles. The molecular weight excluding hydrogens is 316 g/mol. The SMILES string of the molecule is Cc1ccnc(Oc2ccc(CN)cc2Cl)c1Br. The summed E-state index contributed by atoms with van der Waals surface area (Å²) >= 11 is 9.57. The van der Waals surface area contributed by atoms with Crippen LogP contribution in [0.4, 0.5) is 0 Å². The van der Waals surface area contributed by atoms with Crippen LogP contribution in [0.1, 0.15) is 11.1 Å². The number of aromatic nitrogens is 1. The average molecular weight is 328 g/mol. The van der Waals surface area contributed by atoms with Crippen LogP contribution < -0.4 is 10.5 Å². The second-order valence-electron chi connectivity index (χ2n) is 3.82. The summed E-state index contributed by atoms with van der Waals surface area (Å²) < 4.78 is 6.51. The van der Waals surface area contributed by atoms with Crippen LogP contribution in [-0.4, -0.2) is 4.98 Å². The van der Waals surface area contributed by atoms with Gasteiger partial charge in [0.15, 0.2) is 0 Å². The lowest BCUT2D eigenvalue weighted by atomic mass is 10.2. The number of hydrogen-bond acceptors (Lipinski definition) is 3. The zero-order valence-electron chi connectivity index (χ0n) is 9.78. The summed E-state index contributed by atoms with van der Waals surface area (Å²) in [6.07, 6.45) is 1.69. The summed E-state index contributed by atoms with van der Waals surface area (Å²) in [7, 11) is 0. The molecule has 3 nitrogen and oxygen atoms in total. The highest BCUT2D eigenvalue weighted by molar-refractivity contribution is 9.10. The minimum Gasteiger partial charge on any atom is -0.436 e. The maximum atomic E-state index is 6.13. The molecule has 0 aliphatic rings. The molecule has 0 radical (unpaired) electrons. The molecule has 0 spiro atoms. The van der Waals surface area contributed by atoms with Gasteiger partial charge in [0.25, 0.3) is 0 Å². The zero-order chi connectivity index (χ0) is 13.1. The molecule has 1 aromatic carbocycles. The van der Waals surface area contributed by atoms with Crippen LogP contribution in [0, 0.1) is 6.92 Å². The van der Waals surface area contributed by atoms with Crippen molar-refractivity contribution in [2.24, 2.45) is 5.73 Å². The van der Waals surface area contributed by atoms with Crippen molar-refractivity contribution in [3.63, 3.8) is 0 Å². The number of halogens is 2. The van der Waals surface area contributed by atoms with Gasteiger partial charge in [-0.15, -0.1) is 0 Å². The lowest BCUT2D eigenvalue weighted by Gasteiger charge is -2.10. The van der Waals surface area contributed by atoms with Gasteiger partial charge in [-0.3, -0.25) is 0 Å². The van der Waals surface area contributed by atoms with Crippen molar-refractivity contribution in [3.05, 3.63) is 51.1 Å². The van der Waals surface area contributed by atoms with E-state index >= 15 is 0 Å². The van der Waals surface area contributed by atoms with Crippen LogP contribution in [0.25, 0.3) is 0 Å². The van der Waals surface area contributed by atoms with E-state index in [1.165, 1.54) is 0 Å². The topological polar surface area (TPSA) is 48.1 Å². The van der Waals surface area contributed by atoms with E-state index in [-0.39, 0.29) is 0 Å². The molecule has 2 rings (SSSR count). The Kier molecular flexibility index (Phi) is 4.22. The fourth-order valence-electron chi connectivity index (χ4n) is 1.44. The van der Waals surface area contributed by atoms with Gasteiger partial charge >= 0.3 is 0 Å². The molecule has 5 heteroatoms. The number of ether oxygens (including phenoxy) is 1. The lowest BCUT2D eigenvalue weighted by molar-refractivity contribution is 0.459. The molecule has 0 atom stereocenters. The molecule has 94 valence electrons. The van der Waals surface area contributed by atoms with Gasteiger partial charge in [-0.05, 0) is 52.2 Å². The Bertz CT molecular complexity index is 575. The number of hydrogen-bond donors (Lipinski definition) is 1. The predicted molar refractivity (Wildman–Crippen MR) is 76.1 cm³/mol. The van der Waals surface area contributed by atoms with Crippen molar-refractivity contribution >= 4 is 27.5 Å². The van der Waals surface area contributed by atoms with Gasteiger partial charge < -0.3 is 10.5 Å². The van der Waals surface area contributed by atoms with Gasteiger partial charge in [-0.2, -0.15) is 0 Å². The third kappa shape index (κ3) is 2.83. The number of nitrogens with zero attached hydrogens (tertiary/aromatic N) is 1. The summed E-state index contributed by atoms with van der Waals surface area (Å²) in [4.78, 5) is 4.17. The Morgan fingerprint density at radius 2 is 2.17 bits per heavy atom. The van der Waals surface area contributed by atoms with Crippen LogP contribution in [0.5, 0.6) is 11.6 Å². The maximum absolute atomic E-state index is 6.13. The van der Waals surface area contributed by atoms with E-state index < -0.39 is 0 Å². The quantitative estimate of drug-likeness (QED) is 0.925. The largest absolute Gasteiger partial charge is 0.436 e. The Morgan fingerprint density at radius 1 is 1.39 bits per heavy atom. The number of nitrogens with two attached hydrogens (primary N) is 1. The number of benzene rings is 1. The first kappa shape index (κ1) is 13.3. The molecular formula is C13H12BrClN2O. The smallest absolute Gasteiger partial charge is 0.233 e. The number of rotatable bonds is 3. The van der Waals surface area contributed by atoms with Gasteiger partial charge in [0.2, 0.25) is 5.88 Å². The highest BCUT2D eigenvalue weighted by Crippen LogP contribution is 2.33. The number of aryl methyl sites for hydroxylation is 1. The first-order valence-electron chi connectivity index (χ1n) is 5.39. The van der Waals surface area contributed by atoms with Crippen molar-refractivity contribution in [1.82, 2.24) is 4.98 Å². The highest BCUT2D eigenvalue weighted by Gasteiger charge is 2.09. The van der Waals surface area contributed by atoms with Crippen LogP contribution >= 0.6 is 27.5 Å². The summed E-state index contributed by atoms with van der Waals surface area (Å²) in [5.74, 6) is 1.06. The molecule has 0 saturated heterocycles. The summed E-state index contributed by atoms with van der Waals surface area (Å²) in [6.45, 7) is 2.42. The first-order chi connectivity index (χ1) is 8.61. The minimum atomic E-state index is 0.451. The lowest BCUT2D eigenvalue weighted by Crippen LogP contribution is -1.97. The van der Waals surface area contributed by atoms with E-state index in [1.807, 2.05) is 19.1 Å². The predicted octanol–water partition coefficient (Wildman–Crippen LogP) is 4.06. The van der Waals surface area contributed by atoms with Gasteiger partial charge in [0, 0.05) is 12.7 Å². The van der Waals surface area contributed by atoms with E-state index in [0.717, 1.165) is 15.6 Å². The van der Waals surface area contributed by atoms with Gasteiger partial charge in [-0.1, -0.05) is 17.7 Å². The average Bonchev–Trinajstić information content (AvgIpc) is 2.37. The Hall–Kier alpha value is -1.10. The molecule has 0 saturated carbocycles. The molecule has 0 aliphatic carbocycles. The summed E-state index contributed by atoms with van der Waals surface area (Å²) in [5, 5.41) is 0.521. The molecule has 0 bridgehead atoms. The highest BCUT2D eigenvalue weighted by atomic mass is 79.9. The molecule has 18 heavy (non-hydrogen) atoms. The van der Waals surface area contributed by atoms with Gasteiger partial charge in [0.1, 0.15) is 5.75 Å². The minimum absolute atomic E-state index is 0.451. The molecule has 0 fully saturated rings. The molecule has 0 amide bonds. The van der Waals surface area contributed by atoms with Crippen molar-refractivity contribution in [3.8, 4) is 11.6 Å². The zero-order valence-corrected chi connectivity index (χ0v) is 12.1. The van der Waals surface area contributed by atoms with E-state index in [0.29, 0.717) is 23.2 Å². The van der Waals surface area contributed by atoms with Crippen LogP contribution in [-0.2, 0) is 6.54 Å². The fourth-order valence-corrected chi connectivity index (χ4v) is 2.00. The van der Waals surface area contributed by atoms with Crippen molar-refractivity contribution in [2.75, 3.05) is 0 Å².